The molecule has 96 valence electrons. The summed E-state index contributed by atoms with van der Waals surface area (Å²) in [6.07, 6.45) is 5.83. The highest BCUT2D eigenvalue weighted by molar-refractivity contribution is 7.15. The fraction of sp³-hybridized carbons (Fsp3) is 0.750. The van der Waals surface area contributed by atoms with Crippen LogP contribution in [0, 0.1) is 0 Å². The summed E-state index contributed by atoms with van der Waals surface area (Å²) < 4.78 is 0. The molecule has 1 saturated carbocycles. The topological polar surface area (TPSA) is 48.4 Å². The van der Waals surface area contributed by atoms with Gasteiger partial charge in [0.05, 0.1) is 6.61 Å². The first-order chi connectivity index (χ1) is 8.33. The number of hydrogen-bond donors (Lipinski definition) is 2. The van der Waals surface area contributed by atoms with E-state index >= 15 is 0 Å². The Hall–Kier alpha value is -0.650. The highest BCUT2D eigenvalue weighted by Crippen LogP contribution is 2.27. The lowest BCUT2D eigenvalue weighted by molar-refractivity contribution is 0.0955. The molecule has 2 rings (SSSR count). The molecule has 1 fully saturated rings. The van der Waals surface area contributed by atoms with E-state index in [1.807, 2.05) is 6.20 Å². The molecule has 1 heterocycles. The van der Waals surface area contributed by atoms with Crippen LogP contribution in [0.3, 0.4) is 0 Å². The van der Waals surface area contributed by atoms with E-state index in [9.17, 15) is 0 Å². The van der Waals surface area contributed by atoms with Crippen molar-refractivity contribution in [2.75, 3.05) is 25.0 Å². The third-order valence-corrected chi connectivity index (χ3v) is 4.16. The molecule has 0 bridgehead atoms. The van der Waals surface area contributed by atoms with Crippen molar-refractivity contribution in [3.05, 3.63) is 11.1 Å². The Labute approximate surface area is 107 Å². The van der Waals surface area contributed by atoms with Crippen molar-refractivity contribution in [1.82, 2.24) is 9.88 Å². The van der Waals surface area contributed by atoms with E-state index in [0.29, 0.717) is 6.04 Å². The molecule has 0 unspecified atom stereocenters. The maximum absolute atomic E-state index is 9.11. The summed E-state index contributed by atoms with van der Waals surface area (Å²) in [7, 11) is 0. The summed E-state index contributed by atoms with van der Waals surface area (Å²) in [4.78, 5) is 8.00. The minimum atomic E-state index is 0.245. The van der Waals surface area contributed by atoms with Crippen LogP contribution in [0.1, 0.15) is 31.1 Å². The van der Waals surface area contributed by atoms with Crippen molar-refractivity contribution >= 4 is 16.5 Å². The third-order valence-electron chi connectivity index (χ3n) is 3.22. The molecule has 5 heteroatoms. The van der Waals surface area contributed by atoms with Gasteiger partial charge in [-0.05, 0) is 19.8 Å². The van der Waals surface area contributed by atoms with Crippen LogP contribution in [0.25, 0.3) is 0 Å². The molecule has 0 amide bonds. The Morgan fingerprint density at radius 1 is 1.59 bits per heavy atom. The highest BCUT2D eigenvalue weighted by Gasteiger charge is 2.24. The van der Waals surface area contributed by atoms with Crippen molar-refractivity contribution in [3.8, 4) is 0 Å². The van der Waals surface area contributed by atoms with Crippen LogP contribution in [0.5, 0.6) is 0 Å². The van der Waals surface area contributed by atoms with Gasteiger partial charge >= 0.3 is 0 Å². The Morgan fingerprint density at radius 2 is 2.41 bits per heavy atom. The van der Waals surface area contributed by atoms with Gasteiger partial charge in [0.25, 0.3) is 0 Å². The average Bonchev–Trinajstić information content (AvgIpc) is 2.64. The van der Waals surface area contributed by atoms with Gasteiger partial charge in [0, 0.05) is 36.8 Å². The molecule has 1 aromatic rings. The second kappa shape index (κ2) is 6.33. The van der Waals surface area contributed by atoms with E-state index in [-0.39, 0.29) is 6.61 Å². The lowest BCUT2D eigenvalue weighted by Gasteiger charge is -2.36. The SMILES string of the molecule is CCNc1ncc(CN(CCO)C2CCC2)s1. The Bertz CT molecular complexity index is 338. The zero-order valence-corrected chi connectivity index (χ0v) is 11.2. The fourth-order valence-corrected chi connectivity index (χ4v) is 2.99. The number of aliphatic hydroxyl groups excluding tert-OH is 1. The molecule has 1 aliphatic carbocycles. The largest absolute Gasteiger partial charge is 0.395 e. The van der Waals surface area contributed by atoms with Gasteiger partial charge in [-0.25, -0.2) is 4.98 Å². The number of anilines is 1. The van der Waals surface area contributed by atoms with Crippen LogP contribution in [0.2, 0.25) is 0 Å². The van der Waals surface area contributed by atoms with Gasteiger partial charge in [0.2, 0.25) is 0 Å². The van der Waals surface area contributed by atoms with Crippen molar-refractivity contribution in [2.24, 2.45) is 0 Å². The molecule has 2 N–H and O–H groups in total. The van der Waals surface area contributed by atoms with E-state index in [2.05, 4.69) is 22.1 Å². The molecular weight excluding hydrogens is 234 g/mol. The number of nitrogens with zero attached hydrogens (tertiary/aromatic N) is 2. The first-order valence-electron chi connectivity index (χ1n) is 6.37. The third kappa shape index (κ3) is 3.40. The van der Waals surface area contributed by atoms with Crippen molar-refractivity contribution in [2.45, 2.75) is 38.8 Å². The summed E-state index contributed by atoms with van der Waals surface area (Å²) >= 11 is 1.72. The molecular formula is C12H21N3OS. The number of rotatable bonds is 7. The number of nitrogens with one attached hydrogen (secondary N) is 1. The van der Waals surface area contributed by atoms with E-state index < -0.39 is 0 Å². The zero-order chi connectivity index (χ0) is 12.1. The van der Waals surface area contributed by atoms with Gasteiger partial charge in [-0.15, -0.1) is 11.3 Å². The second-order valence-electron chi connectivity index (χ2n) is 4.44. The van der Waals surface area contributed by atoms with E-state index in [0.717, 1.165) is 24.8 Å². The monoisotopic (exact) mass is 255 g/mol. The first kappa shape index (κ1) is 12.8. The van der Waals surface area contributed by atoms with Gasteiger partial charge in [0.1, 0.15) is 0 Å². The van der Waals surface area contributed by atoms with Gasteiger partial charge in [-0.3, -0.25) is 4.90 Å². The fourth-order valence-electron chi connectivity index (χ4n) is 2.08. The second-order valence-corrected chi connectivity index (χ2v) is 5.56. The Balaban J connectivity index is 1.90. The number of aromatic nitrogens is 1. The minimum absolute atomic E-state index is 0.245. The van der Waals surface area contributed by atoms with Crippen molar-refractivity contribution in [1.29, 1.82) is 0 Å². The molecule has 0 atom stereocenters. The van der Waals surface area contributed by atoms with Crippen LogP contribution < -0.4 is 5.32 Å². The molecule has 4 nitrogen and oxygen atoms in total. The summed E-state index contributed by atoms with van der Waals surface area (Å²) in [6, 6.07) is 0.673. The molecule has 0 aromatic carbocycles. The van der Waals surface area contributed by atoms with E-state index in [1.165, 1.54) is 24.1 Å². The van der Waals surface area contributed by atoms with Gasteiger partial charge in [-0.2, -0.15) is 0 Å². The molecule has 1 aromatic heterocycles. The van der Waals surface area contributed by atoms with Crippen molar-refractivity contribution < 1.29 is 5.11 Å². The molecule has 17 heavy (non-hydrogen) atoms. The summed E-state index contributed by atoms with van der Waals surface area (Å²) in [5.74, 6) is 0. The van der Waals surface area contributed by atoms with Crippen LogP contribution in [0.4, 0.5) is 5.13 Å². The number of aliphatic hydroxyl groups is 1. The molecule has 0 radical (unpaired) electrons. The van der Waals surface area contributed by atoms with Gasteiger partial charge in [0.15, 0.2) is 5.13 Å². The smallest absolute Gasteiger partial charge is 0.182 e. The normalized spacial score (nSPS) is 16.2. The molecule has 0 aliphatic heterocycles. The summed E-state index contributed by atoms with van der Waals surface area (Å²) in [6.45, 7) is 4.94. The van der Waals surface area contributed by atoms with Crippen LogP contribution in [0.15, 0.2) is 6.20 Å². The van der Waals surface area contributed by atoms with Crippen molar-refractivity contribution in [3.63, 3.8) is 0 Å². The Morgan fingerprint density at radius 3 is 3.00 bits per heavy atom. The maximum atomic E-state index is 9.11. The van der Waals surface area contributed by atoms with E-state index in [4.69, 9.17) is 5.11 Å². The van der Waals surface area contributed by atoms with Crippen LogP contribution in [-0.4, -0.2) is 40.7 Å². The predicted molar refractivity (Wildman–Crippen MR) is 71.4 cm³/mol. The maximum Gasteiger partial charge on any atom is 0.182 e. The molecule has 1 aliphatic rings. The quantitative estimate of drug-likeness (QED) is 0.781. The minimum Gasteiger partial charge on any atom is -0.395 e. The Kier molecular flexibility index (Phi) is 4.76. The number of thiazole rings is 1. The zero-order valence-electron chi connectivity index (χ0n) is 10.4. The van der Waals surface area contributed by atoms with Gasteiger partial charge in [-0.1, -0.05) is 6.42 Å². The highest BCUT2D eigenvalue weighted by atomic mass is 32.1. The van der Waals surface area contributed by atoms with Crippen LogP contribution >= 0.6 is 11.3 Å². The standard InChI is InChI=1S/C12H21N3OS/c1-2-13-12-14-8-11(17-12)9-15(6-7-16)10-4-3-5-10/h8,10,16H,2-7,9H2,1H3,(H,13,14). The average molecular weight is 255 g/mol. The molecule has 0 saturated heterocycles. The van der Waals surface area contributed by atoms with Gasteiger partial charge < -0.3 is 10.4 Å². The van der Waals surface area contributed by atoms with Crippen LogP contribution in [-0.2, 0) is 6.54 Å². The lowest BCUT2D eigenvalue weighted by Crippen LogP contribution is -2.41. The predicted octanol–water partition coefficient (Wildman–Crippen LogP) is 1.92. The molecule has 0 spiro atoms. The summed E-state index contributed by atoms with van der Waals surface area (Å²) in [5.41, 5.74) is 0. The first-order valence-corrected chi connectivity index (χ1v) is 7.18. The lowest BCUT2D eigenvalue weighted by atomic mass is 9.91. The summed E-state index contributed by atoms with van der Waals surface area (Å²) in [5, 5.41) is 13.3. The van der Waals surface area contributed by atoms with E-state index in [1.54, 1.807) is 11.3 Å². The number of hydrogen-bond acceptors (Lipinski definition) is 5.